The van der Waals surface area contributed by atoms with E-state index < -0.39 is 21.8 Å². The molecule has 0 aromatic heterocycles. The molecule has 23 heavy (non-hydrogen) atoms. The van der Waals surface area contributed by atoms with Gasteiger partial charge in [-0.2, -0.15) is 0 Å². The summed E-state index contributed by atoms with van der Waals surface area (Å²) in [4.78, 5) is 25.1. The first-order valence-electron chi connectivity index (χ1n) is 7.70. The molecule has 1 fully saturated rings. The smallest absolute Gasteiger partial charge is 0.324 e. The van der Waals surface area contributed by atoms with E-state index in [-0.39, 0.29) is 10.9 Å². The number of sulfonamides is 1. The van der Waals surface area contributed by atoms with E-state index in [2.05, 4.69) is 5.32 Å². The van der Waals surface area contributed by atoms with E-state index in [1.807, 2.05) is 16.3 Å². The normalized spacial score (nSPS) is 17.2. The third kappa shape index (κ3) is 3.89. The summed E-state index contributed by atoms with van der Waals surface area (Å²) in [5.74, 6) is -1.85. The van der Waals surface area contributed by atoms with Crippen LogP contribution in [0.4, 0.5) is 0 Å². The number of nitrogens with one attached hydrogen (secondary N) is 3. The molecule has 2 amide bonds. The van der Waals surface area contributed by atoms with Gasteiger partial charge in [-0.25, -0.2) is 8.42 Å². The van der Waals surface area contributed by atoms with Crippen LogP contribution in [0.5, 0.6) is 0 Å². The molecule has 0 radical (unpaired) electrons. The summed E-state index contributed by atoms with van der Waals surface area (Å²) in [5, 5.41) is 2.48. The summed E-state index contributed by atoms with van der Waals surface area (Å²) in [5.41, 5.74) is 4.14. The van der Waals surface area contributed by atoms with Crippen LogP contribution in [0.1, 0.15) is 36.8 Å². The van der Waals surface area contributed by atoms with Gasteiger partial charge >= 0.3 is 11.8 Å². The molecule has 0 bridgehead atoms. The molecular formula is C15H19N3O4S. The SMILES string of the molecule is O=C(NNS(=O)(=O)c1ccc2c(c1)CCCC2)C(=O)NC1CC1. The molecule has 0 aliphatic heterocycles. The van der Waals surface area contributed by atoms with E-state index in [1.54, 1.807) is 6.07 Å². The Labute approximate surface area is 134 Å². The Morgan fingerprint density at radius 3 is 2.39 bits per heavy atom. The highest BCUT2D eigenvalue weighted by molar-refractivity contribution is 7.89. The average Bonchev–Trinajstić information content (AvgIpc) is 3.36. The molecule has 3 rings (SSSR count). The molecule has 1 aromatic carbocycles. The van der Waals surface area contributed by atoms with Crippen molar-refractivity contribution in [2.45, 2.75) is 49.5 Å². The molecule has 0 atom stereocenters. The number of hydrogen-bond donors (Lipinski definition) is 3. The van der Waals surface area contributed by atoms with Crippen LogP contribution in [0.25, 0.3) is 0 Å². The van der Waals surface area contributed by atoms with Gasteiger partial charge in [0.2, 0.25) is 0 Å². The van der Waals surface area contributed by atoms with Crippen molar-refractivity contribution in [1.82, 2.24) is 15.6 Å². The largest absolute Gasteiger partial charge is 0.345 e. The van der Waals surface area contributed by atoms with Gasteiger partial charge in [0.05, 0.1) is 4.90 Å². The lowest BCUT2D eigenvalue weighted by atomic mass is 9.92. The summed E-state index contributed by atoms with van der Waals surface area (Å²) in [6.45, 7) is 0. The summed E-state index contributed by atoms with van der Waals surface area (Å²) in [7, 11) is -3.90. The Morgan fingerprint density at radius 2 is 1.70 bits per heavy atom. The maximum atomic E-state index is 12.2. The Morgan fingerprint density at radius 1 is 1.00 bits per heavy atom. The van der Waals surface area contributed by atoms with Crippen molar-refractivity contribution in [3.05, 3.63) is 29.3 Å². The summed E-state index contributed by atoms with van der Waals surface area (Å²) < 4.78 is 24.4. The van der Waals surface area contributed by atoms with Crippen LogP contribution in [-0.2, 0) is 32.5 Å². The number of hydrazine groups is 1. The number of aryl methyl sites for hydroxylation is 2. The standard InChI is InChI=1S/C15H19N3O4S/c19-14(16-12-6-7-12)15(20)17-18-23(21,22)13-8-5-10-3-1-2-4-11(10)9-13/h5,8-9,12,18H,1-4,6-7H2,(H,16,19)(H,17,20). The molecule has 0 saturated heterocycles. The number of amides is 2. The minimum Gasteiger partial charge on any atom is -0.345 e. The number of carbonyl (C=O) groups excluding carboxylic acids is 2. The monoisotopic (exact) mass is 337 g/mol. The molecule has 2 aliphatic carbocycles. The van der Waals surface area contributed by atoms with Gasteiger partial charge in [-0.1, -0.05) is 6.07 Å². The fourth-order valence-electron chi connectivity index (χ4n) is 2.58. The maximum Gasteiger partial charge on any atom is 0.324 e. The fraction of sp³-hybridized carbons (Fsp3) is 0.467. The number of rotatable bonds is 4. The molecule has 1 saturated carbocycles. The molecule has 0 heterocycles. The topological polar surface area (TPSA) is 104 Å². The van der Waals surface area contributed by atoms with Gasteiger partial charge < -0.3 is 5.32 Å². The first-order chi connectivity index (χ1) is 11.0. The number of benzene rings is 1. The lowest BCUT2D eigenvalue weighted by Crippen LogP contribution is -2.48. The van der Waals surface area contributed by atoms with Crippen molar-refractivity contribution in [2.75, 3.05) is 0 Å². The highest BCUT2D eigenvalue weighted by Crippen LogP contribution is 2.23. The van der Waals surface area contributed by atoms with E-state index in [9.17, 15) is 18.0 Å². The van der Waals surface area contributed by atoms with E-state index in [4.69, 9.17) is 0 Å². The van der Waals surface area contributed by atoms with Crippen LogP contribution in [0, 0.1) is 0 Å². The molecule has 0 spiro atoms. The van der Waals surface area contributed by atoms with Crippen molar-refractivity contribution >= 4 is 21.8 Å². The van der Waals surface area contributed by atoms with Crippen molar-refractivity contribution in [3.63, 3.8) is 0 Å². The maximum absolute atomic E-state index is 12.2. The summed E-state index contributed by atoms with van der Waals surface area (Å²) in [6, 6.07) is 4.99. The van der Waals surface area contributed by atoms with Gasteiger partial charge in [0, 0.05) is 6.04 Å². The first kappa shape index (κ1) is 15.9. The number of fused-ring (bicyclic) bond motifs is 1. The second-order valence-corrected chi connectivity index (χ2v) is 7.63. The lowest BCUT2D eigenvalue weighted by molar-refractivity contribution is -0.139. The van der Waals surface area contributed by atoms with Crippen molar-refractivity contribution in [2.24, 2.45) is 0 Å². The zero-order chi connectivity index (χ0) is 16.4. The fourth-order valence-corrected chi connectivity index (χ4v) is 3.47. The Bertz CT molecular complexity index is 741. The van der Waals surface area contributed by atoms with Crippen LogP contribution < -0.4 is 15.6 Å². The molecule has 0 unspecified atom stereocenters. The van der Waals surface area contributed by atoms with E-state index >= 15 is 0 Å². The van der Waals surface area contributed by atoms with Gasteiger partial charge in [0.15, 0.2) is 0 Å². The third-order valence-corrected chi connectivity index (χ3v) is 5.29. The van der Waals surface area contributed by atoms with Crippen LogP contribution in [0.15, 0.2) is 23.1 Å². The van der Waals surface area contributed by atoms with Gasteiger partial charge in [0.25, 0.3) is 10.0 Å². The molecule has 1 aromatic rings. The molecule has 7 nitrogen and oxygen atoms in total. The van der Waals surface area contributed by atoms with Crippen LogP contribution in [0.2, 0.25) is 0 Å². The molecule has 124 valence electrons. The quantitative estimate of drug-likeness (QED) is 0.537. The van der Waals surface area contributed by atoms with Crippen LogP contribution in [-0.4, -0.2) is 26.3 Å². The predicted octanol–water partition coefficient (Wildman–Crippen LogP) is 0.154. The zero-order valence-corrected chi connectivity index (χ0v) is 13.4. The third-order valence-electron chi connectivity index (χ3n) is 4.05. The van der Waals surface area contributed by atoms with Gasteiger partial charge in [-0.3, -0.25) is 15.0 Å². The lowest BCUT2D eigenvalue weighted by Gasteiger charge is -2.16. The average molecular weight is 337 g/mol. The zero-order valence-electron chi connectivity index (χ0n) is 12.6. The molecule has 2 aliphatic rings. The van der Waals surface area contributed by atoms with Crippen molar-refractivity contribution in [1.29, 1.82) is 0 Å². The molecular weight excluding hydrogens is 318 g/mol. The number of carbonyl (C=O) groups is 2. The summed E-state index contributed by atoms with van der Waals surface area (Å²) in [6.07, 6.45) is 5.67. The first-order valence-corrected chi connectivity index (χ1v) is 9.18. The molecule has 8 heteroatoms. The van der Waals surface area contributed by atoms with Crippen LogP contribution in [0.3, 0.4) is 0 Å². The van der Waals surface area contributed by atoms with Crippen molar-refractivity contribution < 1.29 is 18.0 Å². The minimum absolute atomic E-state index is 0.0329. The predicted molar refractivity (Wildman–Crippen MR) is 82.7 cm³/mol. The van der Waals surface area contributed by atoms with Gasteiger partial charge in [-0.15, -0.1) is 4.83 Å². The van der Waals surface area contributed by atoms with Gasteiger partial charge in [0.1, 0.15) is 0 Å². The van der Waals surface area contributed by atoms with E-state index in [0.29, 0.717) is 0 Å². The Balaban J connectivity index is 1.64. The van der Waals surface area contributed by atoms with Crippen molar-refractivity contribution in [3.8, 4) is 0 Å². The highest BCUT2D eigenvalue weighted by Gasteiger charge is 2.27. The summed E-state index contributed by atoms with van der Waals surface area (Å²) >= 11 is 0. The van der Waals surface area contributed by atoms with E-state index in [0.717, 1.165) is 44.1 Å². The Kier molecular flexibility index (Phi) is 4.36. The molecule has 3 N–H and O–H groups in total. The second kappa shape index (κ2) is 6.29. The van der Waals surface area contributed by atoms with E-state index in [1.165, 1.54) is 11.6 Å². The Hall–Kier alpha value is -1.93. The minimum atomic E-state index is -3.90. The highest BCUT2D eigenvalue weighted by atomic mass is 32.2. The van der Waals surface area contributed by atoms with Gasteiger partial charge in [-0.05, 0) is 61.8 Å². The van der Waals surface area contributed by atoms with Crippen LogP contribution >= 0.6 is 0 Å². The number of hydrogen-bond acceptors (Lipinski definition) is 4. The second-order valence-electron chi connectivity index (χ2n) is 5.94.